The number of aliphatic hydroxyl groups excluding tert-OH is 1. The van der Waals surface area contributed by atoms with Crippen molar-refractivity contribution in [2.75, 3.05) is 13.2 Å². The zero-order chi connectivity index (χ0) is 10.8. The first-order valence-corrected chi connectivity index (χ1v) is 5.12. The van der Waals surface area contributed by atoms with E-state index >= 15 is 0 Å². The molecule has 1 fully saturated rings. The summed E-state index contributed by atoms with van der Waals surface area (Å²) < 4.78 is 1.70. The summed E-state index contributed by atoms with van der Waals surface area (Å²) in [6.07, 6.45) is 5.26. The zero-order valence-electron chi connectivity index (χ0n) is 8.76. The normalized spacial score (nSPS) is 15.3. The molecule has 1 heterocycles. The van der Waals surface area contributed by atoms with Gasteiger partial charge in [0.1, 0.15) is 5.69 Å². The minimum Gasteiger partial charge on any atom is -0.395 e. The predicted octanol–water partition coefficient (Wildman–Crippen LogP) is 0.0170. The molecule has 15 heavy (non-hydrogen) atoms. The Balaban J connectivity index is 2.14. The molecule has 1 saturated carbocycles. The van der Waals surface area contributed by atoms with Gasteiger partial charge in [-0.1, -0.05) is 0 Å². The maximum absolute atomic E-state index is 12.1. The highest BCUT2D eigenvalue weighted by Crippen LogP contribution is 2.27. The maximum Gasteiger partial charge on any atom is 0.272 e. The Hall–Kier alpha value is -1.36. The molecule has 1 amide bonds. The average Bonchev–Trinajstić information content (AvgIpc) is 2.97. The topological polar surface area (TPSA) is 58.4 Å². The first kappa shape index (κ1) is 10.2. The number of carbonyl (C=O) groups excluding carboxylic acids is 1. The van der Waals surface area contributed by atoms with Gasteiger partial charge in [-0.15, -0.1) is 0 Å². The Morgan fingerprint density at radius 3 is 2.93 bits per heavy atom. The molecule has 0 spiro atoms. The molecule has 0 saturated heterocycles. The smallest absolute Gasteiger partial charge is 0.272 e. The molecule has 1 aliphatic rings. The Labute approximate surface area is 88.3 Å². The van der Waals surface area contributed by atoms with E-state index in [1.807, 2.05) is 0 Å². The monoisotopic (exact) mass is 209 g/mol. The van der Waals surface area contributed by atoms with Crippen molar-refractivity contribution in [3.8, 4) is 0 Å². The molecule has 2 rings (SSSR count). The molecule has 1 aromatic rings. The van der Waals surface area contributed by atoms with Crippen molar-refractivity contribution in [2.24, 2.45) is 7.05 Å². The van der Waals surface area contributed by atoms with E-state index in [0.717, 1.165) is 12.8 Å². The van der Waals surface area contributed by atoms with Crippen molar-refractivity contribution in [3.05, 3.63) is 18.2 Å². The van der Waals surface area contributed by atoms with Crippen LogP contribution in [0.15, 0.2) is 12.5 Å². The maximum atomic E-state index is 12.1. The third-order valence-electron chi connectivity index (χ3n) is 2.63. The van der Waals surface area contributed by atoms with Gasteiger partial charge in [0.05, 0.1) is 19.1 Å². The quantitative estimate of drug-likeness (QED) is 0.760. The van der Waals surface area contributed by atoms with E-state index < -0.39 is 0 Å². The third-order valence-corrected chi connectivity index (χ3v) is 2.63. The number of imidazole rings is 1. The molecule has 5 heteroatoms. The summed E-state index contributed by atoms with van der Waals surface area (Å²) in [5.74, 6) is -0.0356. The Morgan fingerprint density at radius 1 is 1.73 bits per heavy atom. The van der Waals surface area contributed by atoms with E-state index in [0.29, 0.717) is 18.3 Å². The van der Waals surface area contributed by atoms with Crippen LogP contribution in [0.25, 0.3) is 0 Å². The number of aromatic nitrogens is 2. The van der Waals surface area contributed by atoms with Gasteiger partial charge in [-0.3, -0.25) is 4.79 Å². The second-order valence-corrected chi connectivity index (χ2v) is 3.84. The number of hydrogen-bond acceptors (Lipinski definition) is 3. The summed E-state index contributed by atoms with van der Waals surface area (Å²) in [7, 11) is 1.80. The summed E-state index contributed by atoms with van der Waals surface area (Å²) in [6.45, 7) is 0.425. The van der Waals surface area contributed by atoms with Crippen LogP contribution in [0.4, 0.5) is 0 Å². The minimum absolute atomic E-state index is 0.0140. The van der Waals surface area contributed by atoms with Gasteiger partial charge in [0.15, 0.2) is 0 Å². The van der Waals surface area contributed by atoms with Gasteiger partial charge in [-0.2, -0.15) is 0 Å². The molecule has 82 valence electrons. The molecule has 5 nitrogen and oxygen atoms in total. The lowest BCUT2D eigenvalue weighted by Gasteiger charge is -2.21. The SMILES string of the molecule is Cn1cncc1C(=O)N(CCO)C1CC1. The molecule has 0 atom stereocenters. The van der Waals surface area contributed by atoms with Gasteiger partial charge >= 0.3 is 0 Å². The van der Waals surface area contributed by atoms with E-state index in [4.69, 9.17) is 5.11 Å². The van der Waals surface area contributed by atoms with E-state index in [9.17, 15) is 4.79 Å². The van der Waals surface area contributed by atoms with E-state index in [-0.39, 0.29) is 12.5 Å². The Bertz CT molecular complexity index is 357. The second kappa shape index (κ2) is 4.02. The molecule has 0 bridgehead atoms. The summed E-state index contributed by atoms with van der Waals surface area (Å²) in [4.78, 5) is 17.7. The summed E-state index contributed by atoms with van der Waals surface area (Å²) in [5.41, 5.74) is 0.579. The first-order chi connectivity index (χ1) is 7.24. The number of aryl methyl sites for hydroxylation is 1. The van der Waals surface area contributed by atoms with Crippen LogP contribution in [-0.4, -0.2) is 44.7 Å². The molecule has 0 radical (unpaired) electrons. The standard InChI is InChI=1S/C10H15N3O2/c1-12-7-11-6-9(12)10(15)13(4-5-14)8-2-3-8/h6-8,14H,2-5H2,1H3. The third kappa shape index (κ3) is 2.02. The van der Waals surface area contributed by atoms with Crippen LogP contribution in [0.1, 0.15) is 23.3 Å². The van der Waals surface area contributed by atoms with E-state index in [2.05, 4.69) is 4.98 Å². The van der Waals surface area contributed by atoms with Crippen LogP contribution >= 0.6 is 0 Å². The highest BCUT2D eigenvalue weighted by Gasteiger charge is 2.33. The molecule has 0 aromatic carbocycles. The fraction of sp³-hybridized carbons (Fsp3) is 0.600. The zero-order valence-corrected chi connectivity index (χ0v) is 8.76. The van der Waals surface area contributed by atoms with Crippen LogP contribution in [0.3, 0.4) is 0 Å². The van der Waals surface area contributed by atoms with Gasteiger partial charge in [0.25, 0.3) is 5.91 Å². The molecular formula is C10H15N3O2. The molecular weight excluding hydrogens is 194 g/mol. The number of aliphatic hydroxyl groups is 1. The van der Waals surface area contributed by atoms with Crippen molar-refractivity contribution in [3.63, 3.8) is 0 Å². The van der Waals surface area contributed by atoms with Crippen LogP contribution < -0.4 is 0 Å². The van der Waals surface area contributed by atoms with Crippen LogP contribution in [0, 0.1) is 0 Å². The van der Waals surface area contributed by atoms with Crippen LogP contribution in [0.5, 0.6) is 0 Å². The van der Waals surface area contributed by atoms with Gasteiger partial charge in [-0.05, 0) is 12.8 Å². The number of amides is 1. The molecule has 1 aliphatic carbocycles. The number of hydrogen-bond donors (Lipinski definition) is 1. The number of rotatable bonds is 4. The fourth-order valence-corrected chi connectivity index (χ4v) is 1.65. The van der Waals surface area contributed by atoms with Crippen molar-refractivity contribution in [1.29, 1.82) is 0 Å². The predicted molar refractivity (Wildman–Crippen MR) is 54.4 cm³/mol. The van der Waals surface area contributed by atoms with Crippen LogP contribution in [0.2, 0.25) is 0 Å². The largest absolute Gasteiger partial charge is 0.395 e. The van der Waals surface area contributed by atoms with Crippen molar-refractivity contribution >= 4 is 5.91 Å². The lowest BCUT2D eigenvalue weighted by Crippen LogP contribution is -2.36. The summed E-state index contributed by atoms with van der Waals surface area (Å²) in [5, 5.41) is 8.91. The van der Waals surface area contributed by atoms with Gasteiger partial charge in [-0.25, -0.2) is 4.98 Å². The highest BCUT2D eigenvalue weighted by molar-refractivity contribution is 5.92. The van der Waals surface area contributed by atoms with Gasteiger partial charge in [0, 0.05) is 19.6 Å². The molecule has 0 unspecified atom stereocenters. The molecule has 1 N–H and O–H groups in total. The summed E-state index contributed by atoms with van der Waals surface area (Å²) >= 11 is 0. The van der Waals surface area contributed by atoms with E-state index in [1.165, 1.54) is 0 Å². The highest BCUT2D eigenvalue weighted by atomic mass is 16.3. The van der Waals surface area contributed by atoms with Gasteiger partial charge in [0.2, 0.25) is 0 Å². The average molecular weight is 209 g/mol. The van der Waals surface area contributed by atoms with E-state index in [1.54, 1.807) is 29.0 Å². The molecule has 0 aliphatic heterocycles. The van der Waals surface area contributed by atoms with Crippen molar-refractivity contribution in [2.45, 2.75) is 18.9 Å². The Morgan fingerprint density at radius 2 is 2.47 bits per heavy atom. The van der Waals surface area contributed by atoms with Crippen LogP contribution in [-0.2, 0) is 7.05 Å². The number of nitrogens with zero attached hydrogens (tertiary/aromatic N) is 3. The molecule has 1 aromatic heterocycles. The van der Waals surface area contributed by atoms with Crippen molar-refractivity contribution < 1.29 is 9.90 Å². The number of carbonyl (C=O) groups is 1. The lowest BCUT2D eigenvalue weighted by atomic mass is 10.3. The Kier molecular flexibility index (Phi) is 2.73. The first-order valence-electron chi connectivity index (χ1n) is 5.12. The van der Waals surface area contributed by atoms with Gasteiger partial charge < -0.3 is 14.6 Å². The fourth-order valence-electron chi connectivity index (χ4n) is 1.65. The second-order valence-electron chi connectivity index (χ2n) is 3.84. The van der Waals surface area contributed by atoms with Crippen molar-refractivity contribution in [1.82, 2.24) is 14.5 Å². The minimum atomic E-state index is -0.0356. The lowest BCUT2D eigenvalue weighted by molar-refractivity contribution is 0.0698. The summed E-state index contributed by atoms with van der Waals surface area (Å²) in [6, 6.07) is 0.319.